The highest BCUT2D eigenvalue weighted by molar-refractivity contribution is 6.17. The molecule has 0 saturated carbocycles. The summed E-state index contributed by atoms with van der Waals surface area (Å²) in [6.07, 6.45) is 0. The van der Waals surface area contributed by atoms with Crippen molar-refractivity contribution < 1.29 is 8.83 Å². The molecule has 2 heterocycles. The number of furan rings is 2. The van der Waals surface area contributed by atoms with Crippen molar-refractivity contribution in [2.24, 2.45) is 0 Å². The van der Waals surface area contributed by atoms with Gasteiger partial charge in [0.15, 0.2) is 0 Å². The van der Waals surface area contributed by atoms with Crippen LogP contribution in [0.25, 0.3) is 65.8 Å². The van der Waals surface area contributed by atoms with Crippen LogP contribution in [-0.2, 0) is 0 Å². The van der Waals surface area contributed by atoms with Crippen LogP contribution in [0.1, 0.15) is 0 Å². The topological polar surface area (TPSA) is 29.5 Å². The van der Waals surface area contributed by atoms with Crippen LogP contribution in [0, 0.1) is 0 Å². The quantitative estimate of drug-likeness (QED) is 0.218. The van der Waals surface area contributed by atoms with Crippen LogP contribution in [-0.4, -0.2) is 0 Å². The van der Waals surface area contributed by atoms with Gasteiger partial charge in [0.25, 0.3) is 0 Å². The summed E-state index contributed by atoms with van der Waals surface area (Å²) in [6.45, 7) is 0. The van der Waals surface area contributed by atoms with Crippen molar-refractivity contribution in [2.75, 3.05) is 4.90 Å². The summed E-state index contributed by atoms with van der Waals surface area (Å²) in [6, 6.07) is 53.0. The van der Waals surface area contributed by atoms with E-state index in [9.17, 15) is 0 Å². The Kier molecular flexibility index (Phi) is 5.20. The number of fused-ring (bicyclic) bond motifs is 8. The number of hydrogen-bond acceptors (Lipinski definition) is 3. The molecule has 0 spiro atoms. The Bertz CT molecular complexity index is 2450. The lowest BCUT2D eigenvalue weighted by Gasteiger charge is -2.27. The average molecular weight is 552 g/mol. The minimum absolute atomic E-state index is 0.908. The maximum atomic E-state index is 6.41. The lowest BCUT2D eigenvalue weighted by atomic mass is 10.0. The van der Waals surface area contributed by atoms with E-state index < -0.39 is 0 Å². The minimum Gasteiger partial charge on any atom is -0.455 e. The van der Waals surface area contributed by atoms with Gasteiger partial charge in [-0.2, -0.15) is 0 Å². The molecule has 0 aliphatic heterocycles. The monoisotopic (exact) mass is 551 g/mol. The Morgan fingerprint density at radius 1 is 0.349 bits per heavy atom. The standard InChI is InChI=1S/C40H25NO2/c1-2-10-27(11-3-1)41(36-17-9-16-33-30(36)24-25-35-32-13-5-7-19-38(32)43-40(33)35)28-22-20-26(21-23-28)29-14-8-15-34-31-12-4-6-18-37(31)42-39(29)34/h1-25H. The van der Waals surface area contributed by atoms with Gasteiger partial charge in [-0.3, -0.25) is 0 Å². The normalized spacial score (nSPS) is 11.7. The summed E-state index contributed by atoms with van der Waals surface area (Å²) in [5, 5.41) is 6.78. The van der Waals surface area contributed by atoms with Crippen molar-refractivity contribution in [3.63, 3.8) is 0 Å². The largest absolute Gasteiger partial charge is 0.455 e. The third kappa shape index (κ3) is 3.68. The van der Waals surface area contributed by atoms with Crippen LogP contribution in [0.15, 0.2) is 160 Å². The van der Waals surface area contributed by atoms with Crippen molar-refractivity contribution >= 4 is 71.7 Å². The number of anilines is 3. The van der Waals surface area contributed by atoms with E-state index in [0.717, 1.165) is 82.8 Å². The first-order valence-corrected chi connectivity index (χ1v) is 14.5. The van der Waals surface area contributed by atoms with Gasteiger partial charge in [-0.05, 0) is 54.1 Å². The summed E-state index contributed by atoms with van der Waals surface area (Å²) in [5.41, 5.74) is 9.11. The highest BCUT2D eigenvalue weighted by atomic mass is 16.3. The number of nitrogens with zero attached hydrogens (tertiary/aromatic N) is 1. The Balaban J connectivity index is 1.21. The lowest BCUT2D eigenvalue weighted by molar-refractivity contribution is 0.670. The van der Waals surface area contributed by atoms with Crippen LogP contribution >= 0.6 is 0 Å². The second-order valence-corrected chi connectivity index (χ2v) is 10.9. The third-order valence-corrected chi connectivity index (χ3v) is 8.47. The molecule has 3 heteroatoms. The molecule has 9 aromatic rings. The van der Waals surface area contributed by atoms with Crippen molar-refractivity contribution in [3.8, 4) is 11.1 Å². The van der Waals surface area contributed by atoms with Gasteiger partial charge in [-0.1, -0.05) is 103 Å². The van der Waals surface area contributed by atoms with E-state index in [0.29, 0.717) is 0 Å². The Labute approximate surface area is 247 Å². The highest BCUT2D eigenvalue weighted by Gasteiger charge is 2.19. The van der Waals surface area contributed by atoms with Gasteiger partial charge in [0, 0.05) is 49.3 Å². The van der Waals surface area contributed by atoms with Crippen molar-refractivity contribution in [1.82, 2.24) is 0 Å². The summed E-state index contributed by atoms with van der Waals surface area (Å²) < 4.78 is 12.7. The Morgan fingerprint density at radius 3 is 1.63 bits per heavy atom. The summed E-state index contributed by atoms with van der Waals surface area (Å²) >= 11 is 0. The Hall–Kier alpha value is -5.80. The molecule has 2 aromatic heterocycles. The van der Waals surface area contributed by atoms with Crippen LogP contribution < -0.4 is 4.90 Å². The predicted molar refractivity (Wildman–Crippen MR) is 179 cm³/mol. The molecule has 0 atom stereocenters. The molecule has 202 valence electrons. The third-order valence-electron chi connectivity index (χ3n) is 8.47. The van der Waals surface area contributed by atoms with E-state index in [2.05, 4.69) is 132 Å². The molecule has 0 N–H and O–H groups in total. The van der Waals surface area contributed by atoms with Gasteiger partial charge in [0.1, 0.15) is 22.3 Å². The van der Waals surface area contributed by atoms with E-state index in [-0.39, 0.29) is 0 Å². The van der Waals surface area contributed by atoms with E-state index in [1.54, 1.807) is 0 Å². The smallest absolute Gasteiger partial charge is 0.143 e. The molecule has 0 bridgehead atoms. The van der Waals surface area contributed by atoms with Gasteiger partial charge in [0.2, 0.25) is 0 Å². The maximum absolute atomic E-state index is 6.41. The minimum atomic E-state index is 0.908. The second-order valence-electron chi connectivity index (χ2n) is 10.9. The SMILES string of the molecule is c1ccc(N(c2ccc(-c3cccc4c3oc3ccccc34)cc2)c2cccc3c2ccc2c4ccccc4oc32)cc1. The maximum Gasteiger partial charge on any atom is 0.143 e. The molecule has 43 heavy (non-hydrogen) atoms. The fraction of sp³-hybridized carbons (Fsp3) is 0. The molecule has 0 amide bonds. The zero-order valence-corrected chi connectivity index (χ0v) is 23.2. The summed E-state index contributed by atoms with van der Waals surface area (Å²) in [7, 11) is 0. The zero-order valence-electron chi connectivity index (χ0n) is 23.2. The van der Waals surface area contributed by atoms with Crippen LogP contribution in [0.2, 0.25) is 0 Å². The first-order chi connectivity index (χ1) is 21.3. The van der Waals surface area contributed by atoms with Crippen molar-refractivity contribution in [3.05, 3.63) is 152 Å². The van der Waals surface area contributed by atoms with Crippen LogP contribution in [0.5, 0.6) is 0 Å². The van der Waals surface area contributed by atoms with Crippen molar-refractivity contribution in [1.29, 1.82) is 0 Å². The highest BCUT2D eigenvalue weighted by Crippen LogP contribution is 2.43. The van der Waals surface area contributed by atoms with Gasteiger partial charge in [-0.25, -0.2) is 0 Å². The molecule has 0 fully saturated rings. The number of hydrogen-bond donors (Lipinski definition) is 0. The van der Waals surface area contributed by atoms with E-state index >= 15 is 0 Å². The predicted octanol–water partition coefficient (Wildman–Crippen LogP) is 11.8. The van der Waals surface area contributed by atoms with Crippen LogP contribution in [0.3, 0.4) is 0 Å². The molecule has 0 aliphatic rings. The molecule has 7 aromatic carbocycles. The van der Waals surface area contributed by atoms with E-state index in [4.69, 9.17) is 8.83 Å². The lowest BCUT2D eigenvalue weighted by Crippen LogP contribution is -2.10. The number of para-hydroxylation sites is 4. The Morgan fingerprint density at radius 2 is 0.884 bits per heavy atom. The average Bonchev–Trinajstić information content (AvgIpc) is 3.65. The van der Waals surface area contributed by atoms with Gasteiger partial charge in [-0.15, -0.1) is 0 Å². The molecular formula is C40H25NO2. The van der Waals surface area contributed by atoms with Gasteiger partial charge in [0.05, 0.1) is 5.69 Å². The summed E-state index contributed by atoms with van der Waals surface area (Å²) in [5.74, 6) is 0. The molecular weight excluding hydrogens is 526 g/mol. The van der Waals surface area contributed by atoms with Crippen molar-refractivity contribution in [2.45, 2.75) is 0 Å². The van der Waals surface area contributed by atoms with E-state index in [1.807, 2.05) is 24.3 Å². The fourth-order valence-corrected chi connectivity index (χ4v) is 6.49. The number of rotatable bonds is 4. The molecule has 0 unspecified atom stereocenters. The molecule has 3 nitrogen and oxygen atoms in total. The molecule has 0 radical (unpaired) electrons. The molecule has 0 aliphatic carbocycles. The molecule has 9 rings (SSSR count). The van der Waals surface area contributed by atoms with E-state index in [1.165, 1.54) is 0 Å². The second kappa shape index (κ2) is 9.37. The zero-order chi connectivity index (χ0) is 28.3. The van der Waals surface area contributed by atoms with Gasteiger partial charge < -0.3 is 13.7 Å². The van der Waals surface area contributed by atoms with Crippen LogP contribution in [0.4, 0.5) is 17.1 Å². The molecule has 0 saturated heterocycles. The summed E-state index contributed by atoms with van der Waals surface area (Å²) in [4.78, 5) is 2.32. The van der Waals surface area contributed by atoms with Gasteiger partial charge >= 0.3 is 0 Å². The first-order valence-electron chi connectivity index (χ1n) is 14.5. The number of benzene rings is 7. The fourth-order valence-electron chi connectivity index (χ4n) is 6.49. The first kappa shape index (κ1) is 23.9.